The molecule has 8 heteroatoms. The number of nitrogens with one attached hydrogen (secondary N) is 3. The second-order valence-electron chi connectivity index (χ2n) is 8.55. The van der Waals surface area contributed by atoms with Crippen LogP contribution in [0.1, 0.15) is 67.9 Å². The van der Waals surface area contributed by atoms with E-state index in [2.05, 4.69) is 45.9 Å². The van der Waals surface area contributed by atoms with E-state index in [1.807, 2.05) is 19.1 Å². The van der Waals surface area contributed by atoms with Gasteiger partial charge in [0.1, 0.15) is 11.9 Å². The summed E-state index contributed by atoms with van der Waals surface area (Å²) in [7, 11) is 4.24. The predicted molar refractivity (Wildman–Crippen MR) is 116 cm³/mol. The second-order valence-corrected chi connectivity index (χ2v) is 8.55. The Kier molecular flexibility index (Phi) is 6.22. The smallest absolute Gasteiger partial charge is 0.407 e. The lowest BCUT2D eigenvalue weighted by Gasteiger charge is -2.19. The zero-order valence-corrected chi connectivity index (χ0v) is 18.1. The van der Waals surface area contributed by atoms with Crippen LogP contribution in [0.15, 0.2) is 18.2 Å². The highest BCUT2D eigenvalue weighted by Gasteiger charge is 2.30. The van der Waals surface area contributed by atoms with Gasteiger partial charge in [-0.1, -0.05) is 13.0 Å². The molecule has 3 N–H and O–H groups in total. The number of rotatable bonds is 7. The normalized spacial score (nSPS) is 22.9. The van der Waals surface area contributed by atoms with Gasteiger partial charge in [-0.05, 0) is 64.3 Å². The SMILES string of the molecule is CCCNC(=O)O[C@H]1CC[C@@H](c2cc(Nc3ccc4c(n3)CC[C@H]4N(C)C)n[nH]2)C1. The van der Waals surface area contributed by atoms with Crippen LogP contribution in [-0.4, -0.2) is 52.9 Å². The number of hydrogen-bond donors (Lipinski definition) is 3. The fourth-order valence-corrected chi connectivity index (χ4v) is 4.54. The highest BCUT2D eigenvalue weighted by molar-refractivity contribution is 5.67. The molecule has 0 aromatic carbocycles. The van der Waals surface area contributed by atoms with E-state index < -0.39 is 0 Å². The maximum atomic E-state index is 11.8. The van der Waals surface area contributed by atoms with Crippen molar-refractivity contribution in [2.75, 3.05) is 26.0 Å². The average Bonchev–Trinajstić information content (AvgIpc) is 3.45. The van der Waals surface area contributed by atoms with E-state index in [1.54, 1.807) is 0 Å². The third kappa shape index (κ3) is 4.59. The minimum absolute atomic E-state index is 0.0328. The van der Waals surface area contributed by atoms with Crippen molar-refractivity contribution in [1.29, 1.82) is 0 Å². The van der Waals surface area contributed by atoms with Crippen LogP contribution in [0.5, 0.6) is 0 Å². The van der Waals surface area contributed by atoms with Crippen LogP contribution in [0.25, 0.3) is 0 Å². The lowest BCUT2D eigenvalue weighted by atomic mass is 10.0. The standard InChI is InChI=1S/C22H32N6O2/c1-4-11-23-22(29)30-15-6-5-14(12-15)18-13-21(27-26-18)25-20-10-7-16-17(24-20)8-9-19(16)28(2)3/h7,10,13-15,19H,4-6,8-9,11-12H2,1-3H3,(H,23,29)(H2,24,25,26,27)/t14-,15+,19-/m1/s1. The number of aromatic nitrogens is 3. The number of ether oxygens (including phenoxy) is 1. The van der Waals surface area contributed by atoms with Gasteiger partial charge in [-0.25, -0.2) is 9.78 Å². The Bertz CT molecular complexity index is 880. The third-order valence-corrected chi connectivity index (χ3v) is 6.12. The van der Waals surface area contributed by atoms with Crippen molar-refractivity contribution in [3.05, 3.63) is 35.2 Å². The Hall–Kier alpha value is -2.61. The third-order valence-electron chi connectivity index (χ3n) is 6.12. The molecule has 0 saturated heterocycles. The molecule has 0 unspecified atom stereocenters. The van der Waals surface area contributed by atoms with Crippen LogP contribution >= 0.6 is 0 Å². The number of nitrogens with zero attached hydrogens (tertiary/aromatic N) is 3. The molecule has 2 aromatic rings. The second kappa shape index (κ2) is 9.04. The molecule has 8 nitrogen and oxygen atoms in total. The van der Waals surface area contributed by atoms with E-state index in [9.17, 15) is 4.79 Å². The molecule has 2 heterocycles. The molecule has 0 spiro atoms. The molecule has 1 amide bonds. The highest BCUT2D eigenvalue weighted by Crippen LogP contribution is 2.37. The monoisotopic (exact) mass is 412 g/mol. The van der Waals surface area contributed by atoms with Gasteiger partial charge in [-0.3, -0.25) is 5.10 Å². The van der Waals surface area contributed by atoms with E-state index >= 15 is 0 Å². The van der Waals surface area contributed by atoms with Gasteiger partial charge in [0.05, 0.1) is 0 Å². The summed E-state index contributed by atoms with van der Waals surface area (Å²) in [6.07, 6.45) is 5.37. The first kappa shape index (κ1) is 20.7. The quantitative estimate of drug-likeness (QED) is 0.639. The highest BCUT2D eigenvalue weighted by atomic mass is 16.6. The summed E-state index contributed by atoms with van der Waals surface area (Å²) < 4.78 is 5.52. The lowest BCUT2D eigenvalue weighted by molar-refractivity contribution is 0.100. The Morgan fingerprint density at radius 2 is 2.13 bits per heavy atom. The lowest BCUT2D eigenvalue weighted by Crippen LogP contribution is -2.28. The summed E-state index contributed by atoms with van der Waals surface area (Å²) in [6.45, 7) is 2.67. The van der Waals surface area contributed by atoms with Crippen LogP contribution in [0.4, 0.5) is 16.4 Å². The number of pyridine rings is 1. The number of anilines is 2. The zero-order valence-electron chi connectivity index (χ0n) is 18.1. The maximum Gasteiger partial charge on any atom is 0.407 e. The molecular weight excluding hydrogens is 380 g/mol. The fraction of sp³-hybridized carbons (Fsp3) is 0.591. The van der Waals surface area contributed by atoms with Gasteiger partial charge in [-0.2, -0.15) is 5.10 Å². The Morgan fingerprint density at radius 1 is 1.27 bits per heavy atom. The summed E-state index contributed by atoms with van der Waals surface area (Å²) in [5.74, 6) is 1.92. The maximum absolute atomic E-state index is 11.8. The predicted octanol–water partition coefficient (Wildman–Crippen LogP) is 3.87. The first-order valence-electron chi connectivity index (χ1n) is 11.0. The van der Waals surface area contributed by atoms with E-state index in [-0.39, 0.29) is 12.2 Å². The van der Waals surface area contributed by atoms with Gasteiger partial charge < -0.3 is 20.3 Å². The molecule has 0 bridgehead atoms. The Balaban J connectivity index is 1.34. The molecule has 162 valence electrons. The number of H-pyrrole nitrogens is 1. The van der Waals surface area contributed by atoms with Gasteiger partial charge in [0, 0.05) is 36.0 Å². The largest absolute Gasteiger partial charge is 0.446 e. The fourth-order valence-electron chi connectivity index (χ4n) is 4.54. The number of carbonyl (C=O) groups excluding carboxylic acids is 1. The Labute approximate surface area is 177 Å². The van der Waals surface area contributed by atoms with Crippen molar-refractivity contribution >= 4 is 17.7 Å². The zero-order chi connectivity index (χ0) is 21.1. The summed E-state index contributed by atoms with van der Waals surface area (Å²) in [4.78, 5) is 18.8. The molecule has 4 rings (SSSR count). The van der Waals surface area contributed by atoms with Crippen molar-refractivity contribution in [3.63, 3.8) is 0 Å². The molecule has 2 aliphatic carbocycles. The minimum atomic E-state index is -0.311. The molecule has 30 heavy (non-hydrogen) atoms. The average molecular weight is 413 g/mol. The minimum Gasteiger partial charge on any atom is -0.446 e. The van der Waals surface area contributed by atoms with Gasteiger partial charge >= 0.3 is 6.09 Å². The number of aryl methyl sites for hydroxylation is 1. The first-order valence-corrected chi connectivity index (χ1v) is 11.0. The van der Waals surface area contributed by atoms with Crippen LogP contribution in [0, 0.1) is 0 Å². The first-order chi connectivity index (χ1) is 14.5. The van der Waals surface area contributed by atoms with Crippen molar-refractivity contribution < 1.29 is 9.53 Å². The molecule has 2 aliphatic rings. The summed E-state index contributed by atoms with van der Waals surface area (Å²) in [5.41, 5.74) is 3.58. The molecule has 0 radical (unpaired) electrons. The molecular formula is C22H32N6O2. The van der Waals surface area contributed by atoms with Crippen LogP contribution in [-0.2, 0) is 11.2 Å². The van der Waals surface area contributed by atoms with Crippen molar-refractivity contribution in [3.8, 4) is 0 Å². The van der Waals surface area contributed by atoms with Crippen LogP contribution in [0.3, 0.4) is 0 Å². The van der Waals surface area contributed by atoms with E-state index in [4.69, 9.17) is 9.72 Å². The molecule has 0 aliphatic heterocycles. The number of carbonyl (C=O) groups is 1. The molecule has 2 aromatic heterocycles. The van der Waals surface area contributed by atoms with Crippen molar-refractivity contribution in [2.24, 2.45) is 0 Å². The number of amides is 1. The summed E-state index contributed by atoms with van der Waals surface area (Å²) in [6, 6.07) is 6.71. The van der Waals surface area contributed by atoms with Gasteiger partial charge in [0.25, 0.3) is 0 Å². The number of hydrogen-bond acceptors (Lipinski definition) is 6. The van der Waals surface area contributed by atoms with Crippen molar-refractivity contribution in [1.82, 2.24) is 25.4 Å². The number of fused-ring (bicyclic) bond motifs is 1. The van der Waals surface area contributed by atoms with E-state index in [0.29, 0.717) is 18.5 Å². The van der Waals surface area contributed by atoms with Crippen LogP contribution < -0.4 is 10.6 Å². The Morgan fingerprint density at radius 3 is 2.93 bits per heavy atom. The molecule has 1 fully saturated rings. The molecule has 1 saturated carbocycles. The summed E-state index contributed by atoms with van der Waals surface area (Å²) >= 11 is 0. The van der Waals surface area contributed by atoms with Gasteiger partial charge in [-0.15, -0.1) is 0 Å². The van der Waals surface area contributed by atoms with Gasteiger partial charge in [0.15, 0.2) is 5.82 Å². The molecule has 3 atom stereocenters. The number of alkyl carbamates (subject to hydrolysis) is 1. The van der Waals surface area contributed by atoms with Crippen molar-refractivity contribution in [2.45, 2.75) is 63.5 Å². The number of aromatic amines is 1. The van der Waals surface area contributed by atoms with E-state index in [1.165, 1.54) is 11.3 Å². The van der Waals surface area contributed by atoms with Crippen LogP contribution in [0.2, 0.25) is 0 Å². The van der Waals surface area contributed by atoms with E-state index in [0.717, 1.165) is 55.9 Å². The van der Waals surface area contributed by atoms with Gasteiger partial charge in [0.2, 0.25) is 0 Å². The topological polar surface area (TPSA) is 95.2 Å². The summed E-state index contributed by atoms with van der Waals surface area (Å²) in [5, 5.41) is 13.7.